The number of anilines is 1. The second-order valence-electron chi connectivity index (χ2n) is 8.41. The Hall–Kier alpha value is -3.29. The SMILES string of the molecule is CN(CC(O)CN1CCCC1=O)c1nc(-c2ccccc2)nc2scc(-c3ccccc3)c12. The van der Waals surface area contributed by atoms with Gasteiger partial charge in [0, 0.05) is 49.6 Å². The summed E-state index contributed by atoms with van der Waals surface area (Å²) < 4.78 is 0. The maximum Gasteiger partial charge on any atom is 0.222 e. The van der Waals surface area contributed by atoms with Gasteiger partial charge in [0.2, 0.25) is 5.91 Å². The molecule has 7 heteroatoms. The molecule has 4 aromatic rings. The molecular formula is C26H26N4O2S. The average molecular weight is 459 g/mol. The molecule has 6 nitrogen and oxygen atoms in total. The van der Waals surface area contributed by atoms with Gasteiger partial charge in [-0.2, -0.15) is 0 Å². The molecule has 0 saturated carbocycles. The highest BCUT2D eigenvalue weighted by Gasteiger charge is 2.25. The molecule has 0 bridgehead atoms. The fourth-order valence-electron chi connectivity index (χ4n) is 4.36. The largest absolute Gasteiger partial charge is 0.389 e. The van der Waals surface area contributed by atoms with Gasteiger partial charge in [0.15, 0.2) is 5.82 Å². The number of likely N-dealkylation sites (tertiary alicyclic amines) is 1. The summed E-state index contributed by atoms with van der Waals surface area (Å²) in [6.07, 6.45) is 0.773. The molecule has 1 N–H and O–H groups in total. The van der Waals surface area contributed by atoms with Gasteiger partial charge in [-0.25, -0.2) is 9.97 Å². The van der Waals surface area contributed by atoms with Crippen LogP contribution in [-0.4, -0.2) is 58.7 Å². The van der Waals surface area contributed by atoms with Crippen molar-refractivity contribution in [1.82, 2.24) is 14.9 Å². The summed E-state index contributed by atoms with van der Waals surface area (Å²) in [6.45, 7) is 1.44. The van der Waals surface area contributed by atoms with Crippen molar-refractivity contribution in [1.29, 1.82) is 0 Å². The van der Waals surface area contributed by atoms with Crippen LogP contribution in [0.5, 0.6) is 0 Å². The van der Waals surface area contributed by atoms with E-state index in [1.54, 1.807) is 16.2 Å². The van der Waals surface area contributed by atoms with E-state index < -0.39 is 6.10 Å². The second kappa shape index (κ2) is 9.29. The van der Waals surface area contributed by atoms with E-state index in [4.69, 9.17) is 9.97 Å². The summed E-state index contributed by atoms with van der Waals surface area (Å²) in [6, 6.07) is 20.2. The highest BCUT2D eigenvalue weighted by molar-refractivity contribution is 7.17. The van der Waals surface area contributed by atoms with Gasteiger partial charge < -0.3 is 14.9 Å². The Kier molecular flexibility index (Phi) is 6.07. The number of hydrogen-bond donors (Lipinski definition) is 1. The van der Waals surface area contributed by atoms with Crippen molar-refractivity contribution in [2.24, 2.45) is 0 Å². The van der Waals surface area contributed by atoms with Crippen LogP contribution in [0.3, 0.4) is 0 Å². The van der Waals surface area contributed by atoms with Crippen molar-refractivity contribution in [3.63, 3.8) is 0 Å². The molecule has 1 saturated heterocycles. The first-order valence-electron chi connectivity index (χ1n) is 11.2. The second-order valence-corrected chi connectivity index (χ2v) is 9.27. The third-order valence-corrected chi connectivity index (χ3v) is 6.85. The van der Waals surface area contributed by atoms with E-state index in [-0.39, 0.29) is 5.91 Å². The number of rotatable bonds is 7. The molecule has 5 rings (SSSR count). The number of carbonyl (C=O) groups excluding carboxylic acids is 1. The zero-order chi connectivity index (χ0) is 22.8. The summed E-state index contributed by atoms with van der Waals surface area (Å²) in [4.78, 5) is 26.5. The van der Waals surface area contributed by atoms with E-state index >= 15 is 0 Å². The number of fused-ring (bicyclic) bond motifs is 1. The standard InChI is InChI=1S/C26H26N4O2S/c1-29(15-20(31)16-30-14-8-13-22(30)32)25-23-21(18-9-4-2-5-10-18)17-33-26(23)28-24(27-25)19-11-6-3-7-12-19/h2-7,9-12,17,20,31H,8,13-16H2,1H3. The molecular weight excluding hydrogens is 432 g/mol. The van der Waals surface area contributed by atoms with Gasteiger partial charge in [0.25, 0.3) is 0 Å². The maximum absolute atomic E-state index is 12.0. The van der Waals surface area contributed by atoms with Crippen LogP contribution in [0.4, 0.5) is 5.82 Å². The van der Waals surface area contributed by atoms with Gasteiger partial charge in [-0.15, -0.1) is 11.3 Å². The molecule has 2 aromatic heterocycles. The Labute approximate surface area is 197 Å². The van der Waals surface area contributed by atoms with Crippen LogP contribution in [0, 0.1) is 0 Å². The Balaban J connectivity index is 1.54. The monoisotopic (exact) mass is 458 g/mol. The van der Waals surface area contributed by atoms with Gasteiger partial charge in [0.1, 0.15) is 10.6 Å². The fraction of sp³-hybridized carbons (Fsp3) is 0.269. The summed E-state index contributed by atoms with van der Waals surface area (Å²) in [7, 11) is 1.94. The van der Waals surface area contributed by atoms with Crippen LogP contribution >= 0.6 is 11.3 Å². The summed E-state index contributed by atoms with van der Waals surface area (Å²) >= 11 is 1.60. The third-order valence-electron chi connectivity index (χ3n) is 5.98. The van der Waals surface area contributed by atoms with Crippen LogP contribution in [0.2, 0.25) is 0 Å². The first-order valence-corrected chi connectivity index (χ1v) is 12.0. The maximum atomic E-state index is 12.0. The van der Waals surface area contributed by atoms with Crippen LogP contribution in [0.25, 0.3) is 32.7 Å². The summed E-state index contributed by atoms with van der Waals surface area (Å²) in [5.74, 6) is 1.57. The zero-order valence-electron chi connectivity index (χ0n) is 18.5. The molecule has 168 valence electrons. The Bertz CT molecular complexity index is 1260. The van der Waals surface area contributed by atoms with Gasteiger partial charge in [-0.05, 0) is 12.0 Å². The van der Waals surface area contributed by atoms with Gasteiger partial charge in [0.05, 0.1) is 11.5 Å². The number of hydrogen-bond acceptors (Lipinski definition) is 6. The van der Waals surface area contributed by atoms with Gasteiger partial charge in [-0.3, -0.25) is 4.79 Å². The van der Waals surface area contributed by atoms with Crippen LogP contribution in [0.1, 0.15) is 12.8 Å². The topological polar surface area (TPSA) is 69.6 Å². The van der Waals surface area contributed by atoms with Gasteiger partial charge >= 0.3 is 0 Å². The van der Waals surface area contributed by atoms with E-state index in [0.29, 0.717) is 25.3 Å². The van der Waals surface area contributed by atoms with Crippen molar-refractivity contribution >= 4 is 33.3 Å². The molecule has 1 aliphatic heterocycles. The molecule has 1 aliphatic rings. The smallest absolute Gasteiger partial charge is 0.222 e. The van der Waals surface area contributed by atoms with Crippen LogP contribution < -0.4 is 4.90 Å². The number of β-amino-alcohol motifs (C(OH)–C–C–N with tert-alkyl or cyclic N) is 1. The molecule has 33 heavy (non-hydrogen) atoms. The number of amides is 1. The minimum absolute atomic E-state index is 0.122. The molecule has 3 heterocycles. The van der Waals surface area contributed by atoms with E-state index in [9.17, 15) is 9.90 Å². The zero-order valence-corrected chi connectivity index (χ0v) is 19.3. The minimum Gasteiger partial charge on any atom is -0.389 e. The van der Waals surface area contributed by atoms with E-state index in [2.05, 4.69) is 17.5 Å². The van der Waals surface area contributed by atoms with E-state index in [1.807, 2.05) is 60.5 Å². The number of carbonyl (C=O) groups is 1. The number of likely N-dealkylation sites (N-methyl/N-ethyl adjacent to an activating group) is 1. The summed E-state index contributed by atoms with van der Waals surface area (Å²) in [5.41, 5.74) is 3.14. The highest BCUT2D eigenvalue weighted by Crippen LogP contribution is 2.39. The number of nitrogens with zero attached hydrogens (tertiary/aromatic N) is 4. The lowest BCUT2D eigenvalue weighted by molar-refractivity contribution is -0.128. The van der Waals surface area contributed by atoms with Gasteiger partial charge in [-0.1, -0.05) is 60.7 Å². The Morgan fingerprint density at radius 3 is 2.42 bits per heavy atom. The molecule has 1 atom stereocenters. The number of thiophene rings is 1. The number of benzene rings is 2. The van der Waals surface area contributed by atoms with Crippen LogP contribution in [0.15, 0.2) is 66.0 Å². The van der Waals surface area contributed by atoms with Crippen LogP contribution in [-0.2, 0) is 4.79 Å². The molecule has 1 unspecified atom stereocenters. The lowest BCUT2D eigenvalue weighted by Gasteiger charge is -2.26. The number of aromatic nitrogens is 2. The molecule has 0 aliphatic carbocycles. The minimum atomic E-state index is -0.666. The Morgan fingerprint density at radius 2 is 1.76 bits per heavy atom. The molecule has 0 radical (unpaired) electrons. The first-order chi connectivity index (χ1) is 16.1. The van der Waals surface area contributed by atoms with Crippen molar-refractivity contribution in [3.05, 3.63) is 66.0 Å². The third kappa shape index (κ3) is 4.47. The van der Waals surface area contributed by atoms with E-state index in [1.165, 1.54) is 0 Å². The quantitative estimate of drug-likeness (QED) is 0.443. The lowest BCUT2D eigenvalue weighted by atomic mass is 10.1. The Morgan fingerprint density at radius 1 is 1.06 bits per heavy atom. The lowest BCUT2D eigenvalue weighted by Crippen LogP contribution is -2.39. The number of aliphatic hydroxyl groups excluding tert-OH is 1. The average Bonchev–Trinajstić information content (AvgIpc) is 3.45. The first kappa shape index (κ1) is 21.6. The molecule has 0 spiro atoms. The normalized spacial score (nSPS) is 14.7. The van der Waals surface area contributed by atoms with Crippen molar-refractivity contribution < 1.29 is 9.90 Å². The van der Waals surface area contributed by atoms with Crippen molar-refractivity contribution in [2.75, 3.05) is 31.6 Å². The summed E-state index contributed by atoms with van der Waals surface area (Å²) in [5, 5.41) is 13.9. The molecule has 1 amide bonds. The fourth-order valence-corrected chi connectivity index (χ4v) is 5.30. The van der Waals surface area contributed by atoms with Crippen molar-refractivity contribution in [3.8, 4) is 22.5 Å². The predicted octanol–water partition coefficient (Wildman–Crippen LogP) is 4.44. The predicted molar refractivity (Wildman–Crippen MR) is 133 cm³/mol. The molecule has 1 fully saturated rings. The molecule has 2 aromatic carbocycles. The number of aliphatic hydroxyl groups is 1. The van der Waals surface area contributed by atoms with E-state index in [0.717, 1.165) is 45.7 Å². The highest BCUT2D eigenvalue weighted by atomic mass is 32.1. The van der Waals surface area contributed by atoms with Crippen molar-refractivity contribution in [2.45, 2.75) is 18.9 Å².